The average molecular weight is 328 g/mol. The van der Waals surface area contributed by atoms with E-state index in [1.165, 1.54) is 0 Å². The Bertz CT molecular complexity index is 669. The minimum atomic E-state index is 0.0644. The molecule has 128 valence electrons. The van der Waals surface area contributed by atoms with Crippen LogP contribution in [0.2, 0.25) is 0 Å². The summed E-state index contributed by atoms with van der Waals surface area (Å²) in [7, 11) is 4.09. The van der Waals surface area contributed by atoms with Crippen LogP contribution >= 0.6 is 0 Å². The third-order valence-electron chi connectivity index (χ3n) is 4.19. The highest BCUT2D eigenvalue weighted by atomic mass is 16.5. The number of H-pyrrole nitrogens is 1. The minimum Gasteiger partial charge on any atom is -0.379 e. The fraction of sp³-hybridized carbons (Fsp3) is 0.444. The van der Waals surface area contributed by atoms with Crippen molar-refractivity contribution in [1.29, 1.82) is 0 Å². The van der Waals surface area contributed by atoms with Crippen molar-refractivity contribution >= 4 is 5.91 Å². The van der Waals surface area contributed by atoms with E-state index in [2.05, 4.69) is 15.1 Å². The second-order valence-electron chi connectivity index (χ2n) is 6.52. The summed E-state index contributed by atoms with van der Waals surface area (Å²) >= 11 is 0. The van der Waals surface area contributed by atoms with E-state index in [1.807, 2.05) is 49.5 Å². The average Bonchev–Trinajstić information content (AvgIpc) is 3.01. The van der Waals surface area contributed by atoms with Gasteiger partial charge in [0.05, 0.1) is 19.4 Å². The van der Waals surface area contributed by atoms with Crippen LogP contribution in [0.25, 0.3) is 11.1 Å². The summed E-state index contributed by atoms with van der Waals surface area (Å²) in [4.78, 5) is 17.0. The van der Waals surface area contributed by atoms with Gasteiger partial charge in [-0.1, -0.05) is 12.1 Å². The monoisotopic (exact) mass is 328 g/mol. The second-order valence-corrected chi connectivity index (χ2v) is 6.52. The molecule has 0 aliphatic carbocycles. The summed E-state index contributed by atoms with van der Waals surface area (Å²) in [5.74, 6) is 0.401. The van der Waals surface area contributed by atoms with Crippen LogP contribution < -0.4 is 0 Å². The third kappa shape index (κ3) is 4.01. The molecule has 1 aliphatic rings. The first kappa shape index (κ1) is 16.7. The molecule has 1 aromatic heterocycles. The Morgan fingerprint density at radius 3 is 3.04 bits per heavy atom. The van der Waals surface area contributed by atoms with Crippen molar-refractivity contribution in [1.82, 2.24) is 20.0 Å². The van der Waals surface area contributed by atoms with Crippen molar-refractivity contribution in [3.8, 4) is 11.1 Å². The highest BCUT2D eigenvalue weighted by Gasteiger charge is 2.24. The van der Waals surface area contributed by atoms with E-state index in [-0.39, 0.29) is 5.91 Å². The van der Waals surface area contributed by atoms with Crippen LogP contribution in [0.15, 0.2) is 36.7 Å². The molecule has 1 fully saturated rings. The zero-order chi connectivity index (χ0) is 16.9. The molecule has 0 radical (unpaired) electrons. The molecule has 0 spiro atoms. The molecule has 2 heterocycles. The van der Waals surface area contributed by atoms with E-state index < -0.39 is 0 Å². The normalized spacial score (nSPS) is 18.6. The van der Waals surface area contributed by atoms with E-state index in [4.69, 9.17) is 4.74 Å². The largest absolute Gasteiger partial charge is 0.379 e. The predicted molar refractivity (Wildman–Crippen MR) is 92.8 cm³/mol. The van der Waals surface area contributed by atoms with Crippen molar-refractivity contribution in [2.75, 3.05) is 46.9 Å². The lowest BCUT2D eigenvalue weighted by Crippen LogP contribution is -2.38. The van der Waals surface area contributed by atoms with Crippen molar-refractivity contribution < 1.29 is 9.53 Å². The van der Waals surface area contributed by atoms with Crippen LogP contribution in [0.3, 0.4) is 0 Å². The fourth-order valence-corrected chi connectivity index (χ4v) is 3.11. The molecule has 6 heteroatoms. The van der Waals surface area contributed by atoms with Gasteiger partial charge in [0.15, 0.2) is 0 Å². The molecule has 1 N–H and O–H groups in total. The number of nitrogens with one attached hydrogen (secondary N) is 1. The number of ether oxygens (including phenoxy) is 1. The van der Waals surface area contributed by atoms with Crippen molar-refractivity contribution in [3.05, 3.63) is 42.2 Å². The zero-order valence-electron chi connectivity index (χ0n) is 14.2. The summed E-state index contributed by atoms with van der Waals surface area (Å²) < 4.78 is 5.67. The van der Waals surface area contributed by atoms with Gasteiger partial charge in [-0.05, 0) is 31.8 Å². The van der Waals surface area contributed by atoms with Gasteiger partial charge in [-0.3, -0.25) is 9.89 Å². The van der Waals surface area contributed by atoms with Gasteiger partial charge in [0.2, 0.25) is 0 Å². The maximum absolute atomic E-state index is 12.9. The van der Waals surface area contributed by atoms with Crippen molar-refractivity contribution in [2.24, 2.45) is 5.92 Å². The molecule has 0 saturated carbocycles. The Kier molecular flexibility index (Phi) is 5.27. The molecular weight excluding hydrogens is 304 g/mol. The zero-order valence-corrected chi connectivity index (χ0v) is 14.2. The third-order valence-corrected chi connectivity index (χ3v) is 4.19. The highest BCUT2D eigenvalue weighted by molar-refractivity contribution is 5.95. The van der Waals surface area contributed by atoms with Gasteiger partial charge in [-0.15, -0.1) is 0 Å². The van der Waals surface area contributed by atoms with Crippen LogP contribution in [0, 0.1) is 5.92 Å². The summed E-state index contributed by atoms with van der Waals surface area (Å²) in [6.07, 6.45) is 3.59. The quantitative estimate of drug-likeness (QED) is 0.928. The molecule has 24 heavy (non-hydrogen) atoms. The molecule has 3 rings (SSSR count). The minimum absolute atomic E-state index is 0.0644. The van der Waals surface area contributed by atoms with Crippen LogP contribution in [0.5, 0.6) is 0 Å². The lowest BCUT2D eigenvalue weighted by atomic mass is 10.0. The fourth-order valence-electron chi connectivity index (χ4n) is 3.11. The van der Waals surface area contributed by atoms with Crippen LogP contribution in [-0.4, -0.2) is 72.8 Å². The summed E-state index contributed by atoms with van der Waals surface area (Å²) in [6, 6.07) is 7.71. The van der Waals surface area contributed by atoms with E-state index >= 15 is 0 Å². The number of nitrogens with zero attached hydrogens (tertiary/aromatic N) is 3. The van der Waals surface area contributed by atoms with Gasteiger partial charge in [0.25, 0.3) is 5.91 Å². The SMILES string of the molecule is CN(C)C[C@@H]1COCCN(C(=O)c2cccc(-c3cn[nH]c3)c2)C1. The maximum atomic E-state index is 12.9. The first-order valence-corrected chi connectivity index (χ1v) is 8.24. The highest BCUT2D eigenvalue weighted by Crippen LogP contribution is 2.20. The predicted octanol–water partition coefficient (Wildman–Crippen LogP) is 1.73. The van der Waals surface area contributed by atoms with E-state index in [0.29, 0.717) is 31.2 Å². The van der Waals surface area contributed by atoms with Gasteiger partial charge >= 0.3 is 0 Å². The molecule has 0 bridgehead atoms. The molecule has 1 amide bonds. The number of carbonyl (C=O) groups excluding carboxylic acids is 1. The maximum Gasteiger partial charge on any atom is 0.253 e. The summed E-state index contributed by atoms with van der Waals surface area (Å²) in [6.45, 7) is 3.58. The first-order valence-electron chi connectivity index (χ1n) is 8.24. The molecule has 1 atom stereocenters. The van der Waals surface area contributed by atoms with Gasteiger partial charge < -0.3 is 14.5 Å². The van der Waals surface area contributed by atoms with Gasteiger partial charge in [-0.2, -0.15) is 5.10 Å². The number of benzene rings is 1. The first-order chi connectivity index (χ1) is 11.6. The summed E-state index contributed by atoms with van der Waals surface area (Å²) in [5.41, 5.74) is 2.68. The Hall–Kier alpha value is -2.18. The van der Waals surface area contributed by atoms with Crippen molar-refractivity contribution in [2.45, 2.75) is 0 Å². The van der Waals surface area contributed by atoms with Gasteiger partial charge in [0, 0.05) is 42.9 Å². The number of aromatic nitrogens is 2. The van der Waals surface area contributed by atoms with Crippen LogP contribution in [-0.2, 0) is 4.74 Å². The number of hydrogen-bond acceptors (Lipinski definition) is 4. The molecule has 1 aliphatic heterocycles. The molecule has 1 aromatic carbocycles. The Morgan fingerprint density at radius 2 is 2.29 bits per heavy atom. The Morgan fingerprint density at radius 1 is 1.42 bits per heavy atom. The number of carbonyl (C=O) groups is 1. The Balaban J connectivity index is 1.76. The summed E-state index contributed by atoms with van der Waals surface area (Å²) in [5, 5.41) is 6.78. The molecule has 6 nitrogen and oxygen atoms in total. The number of rotatable bonds is 4. The molecule has 0 unspecified atom stereocenters. The topological polar surface area (TPSA) is 61.5 Å². The smallest absolute Gasteiger partial charge is 0.253 e. The van der Waals surface area contributed by atoms with Crippen molar-refractivity contribution in [3.63, 3.8) is 0 Å². The lowest BCUT2D eigenvalue weighted by Gasteiger charge is -2.25. The second kappa shape index (κ2) is 7.59. The molecular formula is C18H24N4O2. The lowest BCUT2D eigenvalue weighted by molar-refractivity contribution is 0.0735. The van der Waals surface area contributed by atoms with E-state index in [0.717, 1.165) is 24.2 Å². The number of hydrogen-bond donors (Lipinski definition) is 1. The Labute approximate surface area is 142 Å². The van der Waals surface area contributed by atoms with Crippen LogP contribution in [0.1, 0.15) is 10.4 Å². The number of aromatic amines is 1. The molecule has 2 aromatic rings. The van der Waals surface area contributed by atoms with Gasteiger partial charge in [-0.25, -0.2) is 0 Å². The van der Waals surface area contributed by atoms with Crippen LogP contribution in [0.4, 0.5) is 0 Å². The number of amides is 1. The van der Waals surface area contributed by atoms with E-state index in [1.54, 1.807) is 6.20 Å². The standard InChI is InChI=1S/C18H24N4O2/c1-21(2)11-14-12-22(6-7-24-13-14)18(23)16-5-3-4-15(8-16)17-9-19-20-10-17/h3-5,8-10,14H,6-7,11-13H2,1-2H3,(H,19,20)/t14-/m0/s1. The molecule has 1 saturated heterocycles. The van der Waals surface area contributed by atoms with Gasteiger partial charge in [0.1, 0.15) is 0 Å². The van der Waals surface area contributed by atoms with E-state index in [9.17, 15) is 4.79 Å².